The van der Waals surface area contributed by atoms with Gasteiger partial charge in [-0.15, -0.1) is 0 Å². The van der Waals surface area contributed by atoms with Gasteiger partial charge in [-0.25, -0.2) is 14.8 Å². The van der Waals surface area contributed by atoms with Gasteiger partial charge in [0.1, 0.15) is 11.8 Å². The summed E-state index contributed by atoms with van der Waals surface area (Å²) in [5.74, 6) is 0.445. The van der Waals surface area contributed by atoms with E-state index in [-0.39, 0.29) is 0 Å². The maximum atomic E-state index is 8.93. The van der Waals surface area contributed by atoms with Gasteiger partial charge in [-0.3, -0.25) is 4.57 Å². The van der Waals surface area contributed by atoms with Gasteiger partial charge in [-0.05, 0) is 54.8 Å². The molecule has 0 amide bonds. The van der Waals surface area contributed by atoms with Crippen LogP contribution in [0.2, 0.25) is 0 Å². The predicted molar refractivity (Wildman–Crippen MR) is 116 cm³/mol. The Labute approximate surface area is 173 Å². The van der Waals surface area contributed by atoms with Crippen molar-refractivity contribution < 1.29 is 0 Å². The van der Waals surface area contributed by atoms with E-state index in [1.807, 2.05) is 42.7 Å². The van der Waals surface area contributed by atoms with E-state index in [2.05, 4.69) is 31.2 Å². The van der Waals surface area contributed by atoms with Gasteiger partial charge < -0.3 is 5.32 Å². The molecule has 0 saturated heterocycles. The average Bonchev–Trinajstić information content (AvgIpc) is 3.15. The molecule has 2 heterocycles. The fraction of sp³-hybridized carbons (Fsp3) is 0.0870. The lowest BCUT2D eigenvalue weighted by Crippen LogP contribution is -2.03. The Hall–Kier alpha value is -4.49. The second kappa shape index (κ2) is 7.86. The molecule has 0 saturated carbocycles. The molecule has 0 spiro atoms. The van der Waals surface area contributed by atoms with Crippen LogP contribution in [0, 0.1) is 31.8 Å². The Kier molecular flexibility index (Phi) is 4.94. The molecule has 2 aromatic heterocycles. The van der Waals surface area contributed by atoms with Gasteiger partial charge in [0.05, 0.1) is 30.1 Å². The maximum Gasteiger partial charge on any atom is 0.229 e. The molecule has 144 valence electrons. The van der Waals surface area contributed by atoms with Gasteiger partial charge in [0.15, 0.2) is 11.8 Å². The number of nitrogens with one attached hydrogen (secondary N) is 1. The number of hydrogen-bond acceptors (Lipinski definition) is 5. The lowest BCUT2D eigenvalue weighted by molar-refractivity contribution is 1.03. The Morgan fingerprint density at radius 2 is 1.87 bits per heavy atom. The van der Waals surface area contributed by atoms with Crippen LogP contribution in [0.1, 0.15) is 22.3 Å². The number of benzene rings is 2. The molecule has 7 heteroatoms. The molecule has 1 N–H and O–H groups in total. The van der Waals surface area contributed by atoms with Crippen LogP contribution >= 0.6 is 0 Å². The highest BCUT2D eigenvalue weighted by molar-refractivity contribution is 5.75. The number of imidazole rings is 1. The van der Waals surface area contributed by atoms with Gasteiger partial charge in [-0.1, -0.05) is 18.2 Å². The fourth-order valence-corrected chi connectivity index (χ4v) is 3.38. The van der Waals surface area contributed by atoms with Crippen molar-refractivity contribution in [2.45, 2.75) is 13.8 Å². The average molecular weight is 391 g/mol. The first-order valence-corrected chi connectivity index (χ1v) is 9.21. The summed E-state index contributed by atoms with van der Waals surface area (Å²) in [5, 5.41) is 12.1. The summed E-state index contributed by atoms with van der Waals surface area (Å²) in [6, 6.07) is 13.3. The molecule has 4 rings (SSSR count). The van der Waals surface area contributed by atoms with Crippen LogP contribution in [0.15, 0.2) is 55.1 Å². The molecule has 0 aliphatic rings. The van der Waals surface area contributed by atoms with E-state index < -0.39 is 0 Å². The van der Waals surface area contributed by atoms with Crippen LogP contribution in [0.25, 0.3) is 27.8 Å². The van der Waals surface area contributed by atoms with Crippen LogP contribution in [-0.2, 0) is 0 Å². The summed E-state index contributed by atoms with van der Waals surface area (Å²) in [6.07, 6.45) is 6.68. The molecule has 4 aromatic rings. The first-order chi connectivity index (χ1) is 14.6. The number of hydrogen-bond donors (Lipinski definition) is 1. The summed E-state index contributed by atoms with van der Waals surface area (Å²) in [7, 11) is 0. The van der Waals surface area contributed by atoms with Crippen LogP contribution < -0.4 is 5.32 Å². The number of aromatic nitrogens is 4. The van der Waals surface area contributed by atoms with Gasteiger partial charge in [-0.2, -0.15) is 10.2 Å². The zero-order valence-corrected chi connectivity index (χ0v) is 16.5. The molecule has 0 aliphatic carbocycles. The highest BCUT2D eigenvalue weighted by Crippen LogP contribution is 2.26. The highest BCUT2D eigenvalue weighted by Gasteiger charge is 2.13. The second-order valence-electron chi connectivity index (χ2n) is 6.78. The molecule has 0 bridgehead atoms. The van der Waals surface area contributed by atoms with Crippen molar-refractivity contribution in [1.82, 2.24) is 19.5 Å². The summed E-state index contributed by atoms with van der Waals surface area (Å²) >= 11 is 0. The Balaban J connectivity index is 1.74. The molecule has 0 unspecified atom stereocenters. The maximum absolute atomic E-state index is 8.93. The Bertz CT molecular complexity index is 1330. The highest BCUT2D eigenvalue weighted by atomic mass is 15.2. The van der Waals surface area contributed by atoms with Crippen molar-refractivity contribution in [3.63, 3.8) is 0 Å². The summed E-state index contributed by atoms with van der Waals surface area (Å²) in [6.45, 7) is 11.0. The van der Waals surface area contributed by atoms with Gasteiger partial charge in [0, 0.05) is 5.69 Å². The summed E-state index contributed by atoms with van der Waals surface area (Å²) < 4.78 is 1.95. The largest absolute Gasteiger partial charge is 0.324 e. The number of nitrogens with zero attached hydrogens (tertiary/aromatic N) is 6. The van der Waals surface area contributed by atoms with Crippen molar-refractivity contribution in [3.8, 4) is 11.8 Å². The monoisotopic (exact) mass is 391 g/mol. The summed E-state index contributed by atoms with van der Waals surface area (Å²) in [4.78, 5) is 16.7. The SMILES string of the molecule is [C-]#[N+]/C=C/c1cc(C)c(-n2cnc3cnc(Nc4ccc(C#N)cc4)nc32)c(C)c1. The van der Waals surface area contributed by atoms with E-state index in [0.29, 0.717) is 22.7 Å². The van der Waals surface area contributed by atoms with E-state index in [1.54, 1.807) is 30.7 Å². The van der Waals surface area contributed by atoms with Gasteiger partial charge in [0.2, 0.25) is 5.95 Å². The topological polar surface area (TPSA) is 83.8 Å². The third-order valence-electron chi connectivity index (χ3n) is 4.66. The normalized spacial score (nSPS) is 10.8. The molecule has 0 aliphatic heterocycles. The molecule has 0 fully saturated rings. The molecule has 2 aromatic carbocycles. The second-order valence-corrected chi connectivity index (χ2v) is 6.78. The molecule has 30 heavy (non-hydrogen) atoms. The number of anilines is 2. The van der Waals surface area contributed by atoms with Crippen molar-refractivity contribution >= 4 is 28.9 Å². The van der Waals surface area contributed by atoms with E-state index in [0.717, 1.165) is 28.1 Å². The zero-order chi connectivity index (χ0) is 21.1. The van der Waals surface area contributed by atoms with Crippen molar-refractivity contribution in [2.75, 3.05) is 5.32 Å². The van der Waals surface area contributed by atoms with Crippen LogP contribution in [0.3, 0.4) is 0 Å². The standard InChI is InChI=1S/C23H17N7/c1-15-10-18(8-9-25-3)11-16(2)21(15)30-14-27-20-13-26-23(29-22(20)30)28-19-6-4-17(12-24)5-7-19/h4-11,13-14H,1-2H3,(H,26,28,29)/b9-8+. The first kappa shape index (κ1) is 18.9. The smallest absolute Gasteiger partial charge is 0.229 e. The zero-order valence-electron chi connectivity index (χ0n) is 16.5. The van der Waals surface area contributed by atoms with Crippen molar-refractivity contribution in [2.24, 2.45) is 0 Å². The predicted octanol–water partition coefficient (Wildman–Crippen LogP) is 4.94. The summed E-state index contributed by atoms with van der Waals surface area (Å²) in [5.41, 5.74) is 6.86. The van der Waals surface area contributed by atoms with Crippen molar-refractivity contribution in [3.05, 3.63) is 88.8 Å². The number of nitriles is 1. The van der Waals surface area contributed by atoms with E-state index >= 15 is 0 Å². The van der Waals surface area contributed by atoms with E-state index in [9.17, 15) is 0 Å². The van der Waals surface area contributed by atoms with Crippen molar-refractivity contribution in [1.29, 1.82) is 5.26 Å². The first-order valence-electron chi connectivity index (χ1n) is 9.21. The van der Waals surface area contributed by atoms with E-state index in [4.69, 9.17) is 11.8 Å². The quantitative estimate of drug-likeness (QED) is 0.498. The minimum absolute atomic E-state index is 0.445. The van der Waals surface area contributed by atoms with Crippen LogP contribution in [-0.4, -0.2) is 19.5 Å². The third kappa shape index (κ3) is 3.60. The third-order valence-corrected chi connectivity index (χ3v) is 4.66. The molecule has 7 nitrogen and oxygen atoms in total. The molecular weight excluding hydrogens is 374 g/mol. The lowest BCUT2D eigenvalue weighted by Gasteiger charge is -2.13. The molecule has 0 radical (unpaired) electrons. The number of fused-ring (bicyclic) bond motifs is 1. The fourth-order valence-electron chi connectivity index (χ4n) is 3.38. The minimum atomic E-state index is 0.445. The van der Waals surface area contributed by atoms with E-state index in [1.165, 1.54) is 6.20 Å². The lowest BCUT2D eigenvalue weighted by atomic mass is 10.0. The van der Waals surface area contributed by atoms with Gasteiger partial charge >= 0.3 is 0 Å². The number of aryl methyl sites for hydroxylation is 2. The van der Waals surface area contributed by atoms with Gasteiger partial charge in [0.25, 0.3) is 0 Å². The molecule has 0 atom stereocenters. The Morgan fingerprint density at radius 3 is 2.53 bits per heavy atom. The minimum Gasteiger partial charge on any atom is -0.324 e. The molecular formula is C23H17N7. The van der Waals surface area contributed by atoms with Crippen LogP contribution in [0.5, 0.6) is 0 Å². The Morgan fingerprint density at radius 1 is 1.13 bits per heavy atom. The van der Waals surface area contributed by atoms with Crippen LogP contribution in [0.4, 0.5) is 11.6 Å². The number of rotatable bonds is 4.